The van der Waals surface area contributed by atoms with Crippen LogP contribution >= 0.6 is 0 Å². The Balaban J connectivity index is 2.45. The predicted molar refractivity (Wildman–Crippen MR) is 130 cm³/mol. The van der Waals surface area contributed by atoms with Crippen molar-refractivity contribution < 1.29 is 27.5 Å². The second-order valence-electron chi connectivity index (χ2n) is 7.78. The molecule has 0 aliphatic rings. The molecule has 0 saturated heterocycles. The monoisotopic (exact) mass is 489 g/mol. The van der Waals surface area contributed by atoms with E-state index in [0.717, 1.165) is 16.1 Å². The Kier molecular flexibility index (Phi) is 9.19. The maximum Gasteiger partial charge on any atom is 0.244 e. The molecule has 2 rings (SSSR count). The van der Waals surface area contributed by atoms with Gasteiger partial charge in [0.05, 0.1) is 19.1 Å². The highest BCUT2D eigenvalue weighted by molar-refractivity contribution is 7.92. The first-order valence-electron chi connectivity index (χ1n) is 10.7. The van der Waals surface area contributed by atoms with Gasteiger partial charge in [0.15, 0.2) is 5.78 Å². The van der Waals surface area contributed by atoms with Crippen LogP contribution in [0.4, 0.5) is 5.69 Å². The summed E-state index contributed by atoms with van der Waals surface area (Å²) in [7, 11) is -0.842. The average molecular weight is 490 g/mol. The molecule has 0 aromatic heterocycles. The van der Waals surface area contributed by atoms with Gasteiger partial charge in [0.25, 0.3) is 0 Å². The Bertz CT molecular complexity index is 1130. The van der Waals surface area contributed by atoms with E-state index in [0.29, 0.717) is 17.7 Å². The van der Waals surface area contributed by atoms with Gasteiger partial charge in [-0.1, -0.05) is 31.2 Å². The number of carbonyl (C=O) groups excluding carboxylic acids is 3. The van der Waals surface area contributed by atoms with E-state index >= 15 is 0 Å². The highest BCUT2D eigenvalue weighted by Crippen LogP contribution is 2.22. The lowest BCUT2D eigenvalue weighted by Crippen LogP contribution is -2.51. The zero-order chi connectivity index (χ0) is 25.5. The van der Waals surface area contributed by atoms with E-state index in [-0.39, 0.29) is 23.9 Å². The molecule has 0 heterocycles. The average Bonchev–Trinajstić information content (AvgIpc) is 2.81. The number of amides is 2. The number of hydrogen-bond acceptors (Lipinski definition) is 6. The molecule has 1 atom stereocenters. The van der Waals surface area contributed by atoms with Crippen LogP contribution in [0.1, 0.15) is 36.2 Å². The molecule has 0 bridgehead atoms. The van der Waals surface area contributed by atoms with Crippen molar-refractivity contribution in [1.82, 2.24) is 10.2 Å². The van der Waals surface area contributed by atoms with Gasteiger partial charge in [0, 0.05) is 19.2 Å². The minimum absolute atomic E-state index is 0.0971. The summed E-state index contributed by atoms with van der Waals surface area (Å²) < 4.78 is 31.3. The van der Waals surface area contributed by atoms with E-state index in [2.05, 4.69) is 5.32 Å². The minimum atomic E-state index is -3.87. The number of carbonyl (C=O) groups is 3. The molecule has 1 N–H and O–H groups in total. The molecule has 2 aromatic carbocycles. The first-order valence-corrected chi connectivity index (χ1v) is 12.6. The van der Waals surface area contributed by atoms with Crippen molar-refractivity contribution in [3.05, 3.63) is 59.7 Å². The molecule has 2 aromatic rings. The number of sulfonamides is 1. The number of rotatable bonds is 11. The Hall–Kier alpha value is -3.40. The molecule has 0 spiro atoms. The summed E-state index contributed by atoms with van der Waals surface area (Å²) in [6.45, 7) is 2.73. The smallest absolute Gasteiger partial charge is 0.244 e. The van der Waals surface area contributed by atoms with E-state index in [1.807, 2.05) is 0 Å². The molecular formula is C24H31N3O6S. The summed E-state index contributed by atoms with van der Waals surface area (Å²) in [5.74, 6) is -0.485. The van der Waals surface area contributed by atoms with Gasteiger partial charge in [0.1, 0.15) is 18.3 Å². The second kappa shape index (κ2) is 11.6. The van der Waals surface area contributed by atoms with Crippen molar-refractivity contribution >= 4 is 33.3 Å². The highest BCUT2D eigenvalue weighted by atomic mass is 32.2. The molecule has 10 heteroatoms. The number of likely N-dealkylation sites (N-methyl/N-ethyl adjacent to an activating group) is 1. The molecule has 0 radical (unpaired) electrons. The Morgan fingerprint density at radius 1 is 1.09 bits per heavy atom. The fourth-order valence-electron chi connectivity index (χ4n) is 3.51. The first-order chi connectivity index (χ1) is 16.0. The van der Waals surface area contributed by atoms with Crippen LogP contribution in [0.5, 0.6) is 5.75 Å². The SMILES string of the molecule is CC[C@@H](C(=O)NC)N(Cc1ccc(OC)cc1)C(=O)CN(c1cccc(C(C)=O)c1)S(C)(=O)=O. The Labute approximate surface area is 200 Å². The van der Waals surface area contributed by atoms with Crippen LogP contribution in [0.15, 0.2) is 48.5 Å². The molecular weight excluding hydrogens is 458 g/mol. The standard InChI is InChI=1S/C24H31N3O6S/c1-6-22(24(30)25-3)26(15-18-10-12-21(33-4)13-11-18)23(29)16-27(34(5,31)32)20-9-7-8-19(14-20)17(2)28/h7-14,22H,6,15-16H2,1-5H3,(H,25,30)/t22-/m0/s1. The van der Waals surface area contributed by atoms with Crippen LogP contribution in [0.25, 0.3) is 0 Å². The van der Waals surface area contributed by atoms with Gasteiger partial charge in [-0.25, -0.2) is 8.42 Å². The van der Waals surface area contributed by atoms with Crippen LogP contribution in [-0.4, -0.2) is 63.9 Å². The molecule has 34 heavy (non-hydrogen) atoms. The van der Waals surface area contributed by atoms with Gasteiger partial charge in [0.2, 0.25) is 21.8 Å². The lowest BCUT2D eigenvalue weighted by Gasteiger charge is -2.32. The van der Waals surface area contributed by atoms with Crippen LogP contribution in [0.2, 0.25) is 0 Å². The molecule has 184 valence electrons. The summed E-state index contributed by atoms with van der Waals surface area (Å²) in [5, 5.41) is 2.57. The van der Waals surface area contributed by atoms with Crippen molar-refractivity contribution in [3.8, 4) is 5.75 Å². The quantitative estimate of drug-likeness (QED) is 0.484. The maximum absolute atomic E-state index is 13.5. The zero-order valence-electron chi connectivity index (χ0n) is 20.1. The van der Waals surface area contributed by atoms with E-state index in [1.54, 1.807) is 50.4 Å². The second-order valence-corrected chi connectivity index (χ2v) is 9.69. The lowest BCUT2D eigenvalue weighted by molar-refractivity contribution is -0.140. The van der Waals surface area contributed by atoms with Crippen LogP contribution in [-0.2, 0) is 26.2 Å². The van der Waals surface area contributed by atoms with Crippen molar-refractivity contribution in [2.75, 3.05) is 31.3 Å². The first kappa shape index (κ1) is 26.8. The van der Waals surface area contributed by atoms with Crippen LogP contribution in [0.3, 0.4) is 0 Å². The number of Topliss-reactive ketones (excluding diaryl/α,β-unsaturated/α-hetero) is 1. The van der Waals surface area contributed by atoms with E-state index in [1.165, 1.54) is 31.0 Å². The Morgan fingerprint density at radius 3 is 2.24 bits per heavy atom. The maximum atomic E-state index is 13.5. The third kappa shape index (κ3) is 6.80. The van der Waals surface area contributed by atoms with Gasteiger partial charge in [-0.15, -0.1) is 0 Å². The summed E-state index contributed by atoms with van der Waals surface area (Å²) in [6.07, 6.45) is 1.32. The molecule has 2 amide bonds. The number of ether oxygens (including phenoxy) is 1. The molecule has 0 aliphatic heterocycles. The third-order valence-corrected chi connectivity index (χ3v) is 6.50. The zero-order valence-corrected chi connectivity index (χ0v) is 20.9. The Morgan fingerprint density at radius 2 is 1.74 bits per heavy atom. The number of nitrogens with one attached hydrogen (secondary N) is 1. The number of benzene rings is 2. The van der Waals surface area contributed by atoms with Crippen molar-refractivity contribution in [2.45, 2.75) is 32.9 Å². The molecule has 0 aliphatic carbocycles. The molecule has 9 nitrogen and oxygen atoms in total. The van der Waals surface area contributed by atoms with Crippen LogP contribution < -0.4 is 14.4 Å². The summed E-state index contributed by atoms with van der Waals surface area (Å²) in [4.78, 5) is 39.2. The lowest BCUT2D eigenvalue weighted by atomic mass is 10.1. The third-order valence-electron chi connectivity index (χ3n) is 5.36. The van der Waals surface area contributed by atoms with E-state index < -0.39 is 28.5 Å². The molecule has 0 unspecified atom stereocenters. The topological polar surface area (TPSA) is 113 Å². The van der Waals surface area contributed by atoms with Crippen LogP contribution in [0, 0.1) is 0 Å². The molecule has 0 saturated carbocycles. The van der Waals surface area contributed by atoms with E-state index in [4.69, 9.17) is 4.74 Å². The normalized spacial score (nSPS) is 11.9. The van der Waals surface area contributed by atoms with E-state index in [9.17, 15) is 22.8 Å². The van der Waals surface area contributed by atoms with Gasteiger partial charge in [-0.05, 0) is 43.2 Å². The number of methoxy groups -OCH3 is 1. The number of anilines is 1. The minimum Gasteiger partial charge on any atom is -0.497 e. The summed E-state index contributed by atoms with van der Waals surface area (Å²) in [5.41, 5.74) is 1.27. The number of nitrogens with zero attached hydrogens (tertiary/aromatic N) is 2. The van der Waals surface area contributed by atoms with Gasteiger partial charge < -0.3 is 15.0 Å². The highest BCUT2D eigenvalue weighted by Gasteiger charge is 2.31. The van der Waals surface area contributed by atoms with Crippen molar-refractivity contribution in [1.29, 1.82) is 0 Å². The fourth-order valence-corrected chi connectivity index (χ4v) is 4.35. The van der Waals surface area contributed by atoms with Gasteiger partial charge in [-0.2, -0.15) is 0 Å². The molecule has 0 fully saturated rings. The summed E-state index contributed by atoms with van der Waals surface area (Å²) in [6, 6.07) is 12.3. The van der Waals surface area contributed by atoms with Gasteiger partial charge >= 0.3 is 0 Å². The largest absolute Gasteiger partial charge is 0.497 e. The fraction of sp³-hybridized carbons (Fsp3) is 0.375. The number of hydrogen-bond donors (Lipinski definition) is 1. The van der Waals surface area contributed by atoms with Crippen molar-refractivity contribution in [3.63, 3.8) is 0 Å². The van der Waals surface area contributed by atoms with Crippen molar-refractivity contribution in [2.24, 2.45) is 0 Å². The summed E-state index contributed by atoms with van der Waals surface area (Å²) >= 11 is 0. The number of ketones is 1. The predicted octanol–water partition coefficient (Wildman–Crippen LogP) is 2.22. The van der Waals surface area contributed by atoms with Gasteiger partial charge in [-0.3, -0.25) is 18.7 Å².